The van der Waals surface area contributed by atoms with Gasteiger partial charge in [0.25, 0.3) is 5.91 Å². The van der Waals surface area contributed by atoms with E-state index in [0.29, 0.717) is 35.6 Å². The van der Waals surface area contributed by atoms with Gasteiger partial charge in [-0.1, -0.05) is 11.6 Å². The number of hydrogen-bond donors (Lipinski definition) is 3. The van der Waals surface area contributed by atoms with E-state index >= 15 is 0 Å². The summed E-state index contributed by atoms with van der Waals surface area (Å²) in [6, 6.07) is 3.54. The summed E-state index contributed by atoms with van der Waals surface area (Å²) in [5.74, 6) is -0.945. The van der Waals surface area contributed by atoms with Gasteiger partial charge in [-0.2, -0.15) is 15.4 Å². The van der Waals surface area contributed by atoms with E-state index in [2.05, 4.69) is 20.7 Å². The van der Waals surface area contributed by atoms with E-state index in [1.165, 1.54) is 23.1 Å². The van der Waals surface area contributed by atoms with Crippen LogP contribution in [0.25, 0.3) is 0 Å². The van der Waals surface area contributed by atoms with Crippen molar-refractivity contribution in [3.8, 4) is 0 Å². The fourth-order valence-corrected chi connectivity index (χ4v) is 4.18. The molecular formula is C20H20ClFN6O3. The Morgan fingerprint density at radius 3 is 2.84 bits per heavy atom. The molecular weight excluding hydrogens is 427 g/mol. The number of amides is 2. The van der Waals surface area contributed by atoms with Crippen LogP contribution in [0.4, 0.5) is 14.9 Å². The van der Waals surface area contributed by atoms with E-state index in [4.69, 9.17) is 11.6 Å². The molecule has 2 aromatic heterocycles. The normalized spacial score (nSPS) is 15.0. The Bertz CT molecular complexity index is 1170. The predicted molar refractivity (Wildman–Crippen MR) is 111 cm³/mol. The molecule has 3 aromatic rings. The minimum Gasteiger partial charge on any atom is -0.465 e. The second-order valence-corrected chi connectivity index (χ2v) is 7.83. The van der Waals surface area contributed by atoms with Gasteiger partial charge in [0.2, 0.25) is 0 Å². The van der Waals surface area contributed by atoms with Crippen LogP contribution < -0.4 is 5.32 Å². The maximum absolute atomic E-state index is 13.4. The van der Waals surface area contributed by atoms with Crippen molar-refractivity contribution in [2.24, 2.45) is 7.05 Å². The van der Waals surface area contributed by atoms with Gasteiger partial charge in [0.15, 0.2) is 0 Å². The first-order chi connectivity index (χ1) is 14.8. The number of fused-ring (bicyclic) bond motifs is 1. The molecule has 0 saturated carbocycles. The number of carboxylic acid groups (broad SMARTS) is 1. The fourth-order valence-electron chi connectivity index (χ4n) is 4.00. The first kappa shape index (κ1) is 20.9. The van der Waals surface area contributed by atoms with Gasteiger partial charge in [-0.3, -0.25) is 9.69 Å². The van der Waals surface area contributed by atoms with Crippen LogP contribution in [0.2, 0.25) is 5.02 Å². The smallest absolute Gasteiger partial charge is 0.408 e. The van der Waals surface area contributed by atoms with Crippen molar-refractivity contribution in [3.05, 3.63) is 63.4 Å². The van der Waals surface area contributed by atoms with E-state index in [1.807, 2.05) is 0 Å². The maximum atomic E-state index is 13.4. The second-order valence-electron chi connectivity index (χ2n) is 7.43. The quantitative estimate of drug-likeness (QED) is 0.553. The van der Waals surface area contributed by atoms with Crippen molar-refractivity contribution in [2.45, 2.75) is 32.4 Å². The molecule has 11 heteroatoms. The molecule has 0 aliphatic heterocycles. The summed E-state index contributed by atoms with van der Waals surface area (Å²) in [6.07, 6.45) is 1.81. The number of H-pyrrole nitrogens is 1. The largest absolute Gasteiger partial charge is 0.465 e. The van der Waals surface area contributed by atoms with E-state index in [-0.39, 0.29) is 17.5 Å². The molecule has 0 radical (unpaired) electrons. The Labute approximate surface area is 181 Å². The summed E-state index contributed by atoms with van der Waals surface area (Å²) >= 11 is 5.80. The third kappa shape index (κ3) is 3.86. The van der Waals surface area contributed by atoms with E-state index in [1.54, 1.807) is 24.7 Å². The zero-order chi connectivity index (χ0) is 22.3. The maximum Gasteiger partial charge on any atom is 0.408 e. The number of aromatic nitrogens is 4. The number of aryl methyl sites for hydroxylation is 2. The number of rotatable bonds is 5. The molecule has 1 aromatic carbocycles. The number of hydrogen-bond acceptors (Lipinski definition) is 4. The number of nitrogens with one attached hydrogen (secondary N) is 2. The summed E-state index contributed by atoms with van der Waals surface area (Å²) < 4.78 is 15.1. The monoisotopic (exact) mass is 446 g/mol. The Morgan fingerprint density at radius 1 is 1.42 bits per heavy atom. The van der Waals surface area contributed by atoms with Crippen LogP contribution >= 0.6 is 11.6 Å². The molecule has 0 saturated heterocycles. The molecule has 1 aliphatic rings. The number of halogens is 2. The average molecular weight is 447 g/mol. The van der Waals surface area contributed by atoms with Crippen molar-refractivity contribution >= 4 is 29.3 Å². The summed E-state index contributed by atoms with van der Waals surface area (Å²) in [6.45, 7) is 1.85. The van der Waals surface area contributed by atoms with Crippen molar-refractivity contribution in [1.29, 1.82) is 0 Å². The van der Waals surface area contributed by atoms with E-state index < -0.39 is 18.0 Å². The molecule has 9 nitrogen and oxygen atoms in total. The number of nitrogens with zero attached hydrogens (tertiary/aromatic N) is 4. The van der Waals surface area contributed by atoms with Gasteiger partial charge in [-0.25, -0.2) is 9.18 Å². The number of carbonyl (C=O) groups excluding carboxylic acids is 1. The van der Waals surface area contributed by atoms with E-state index in [9.17, 15) is 19.1 Å². The number of aromatic amines is 1. The second kappa shape index (κ2) is 8.03. The SMILES string of the molecule is Cc1n[nH]nc1CN(C(=O)O)C1CCc2c1cn(C)c2C(=O)Nc1ccc(F)c(Cl)c1. The Morgan fingerprint density at radius 2 is 2.19 bits per heavy atom. The van der Waals surface area contributed by atoms with Gasteiger partial charge in [0, 0.05) is 18.9 Å². The number of benzene rings is 1. The van der Waals surface area contributed by atoms with Gasteiger partial charge in [-0.05, 0) is 49.1 Å². The molecule has 162 valence electrons. The predicted octanol–water partition coefficient (Wildman–Crippen LogP) is 3.66. The molecule has 0 bridgehead atoms. The van der Waals surface area contributed by atoms with Crippen LogP contribution in [0.5, 0.6) is 0 Å². The highest BCUT2D eigenvalue weighted by molar-refractivity contribution is 6.31. The van der Waals surface area contributed by atoms with Crippen LogP contribution in [0.15, 0.2) is 24.4 Å². The highest BCUT2D eigenvalue weighted by atomic mass is 35.5. The molecule has 1 aliphatic carbocycles. The summed E-state index contributed by atoms with van der Waals surface area (Å²) in [7, 11) is 1.73. The molecule has 4 rings (SSSR count). The van der Waals surface area contributed by atoms with Gasteiger partial charge >= 0.3 is 6.09 Å². The lowest BCUT2D eigenvalue weighted by Gasteiger charge is -2.25. The highest BCUT2D eigenvalue weighted by Crippen LogP contribution is 2.39. The van der Waals surface area contributed by atoms with Crippen LogP contribution in [0.1, 0.15) is 45.5 Å². The van der Waals surface area contributed by atoms with Crippen molar-refractivity contribution in [2.75, 3.05) is 5.32 Å². The zero-order valence-corrected chi connectivity index (χ0v) is 17.6. The molecule has 2 heterocycles. The Balaban J connectivity index is 1.61. The molecule has 31 heavy (non-hydrogen) atoms. The lowest BCUT2D eigenvalue weighted by Crippen LogP contribution is -2.32. The van der Waals surface area contributed by atoms with Crippen LogP contribution in [-0.4, -0.2) is 42.0 Å². The molecule has 1 unspecified atom stereocenters. The van der Waals surface area contributed by atoms with Gasteiger partial charge < -0.3 is 15.0 Å². The third-order valence-corrected chi connectivity index (χ3v) is 5.79. The van der Waals surface area contributed by atoms with Crippen LogP contribution in [-0.2, 0) is 20.0 Å². The van der Waals surface area contributed by atoms with Crippen molar-refractivity contribution in [3.63, 3.8) is 0 Å². The third-order valence-electron chi connectivity index (χ3n) is 5.50. The fraction of sp³-hybridized carbons (Fsp3) is 0.300. The molecule has 0 spiro atoms. The average Bonchev–Trinajstić information content (AvgIpc) is 3.37. The molecule has 0 fully saturated rings. The Hall–Kier alpha value is -3.40. The van der Waals surface area contributed by atoms with Crippen molar-refractivity contribution < 1.29 is 19.1 Å². The zero-order valence-electron chi connectivity index (χ0n) is 16.8. The number of anilines is 1. The lowest BCUT2D eigenvalue weighted by molar-refractivity contribution is 0.101. The van der Waals surface area contributed by atoms with Gasteiger partial charge in [-0.15, -0.1) is 0 Å². The summed E-state index contributed by atoms with van der Waals surface area (Å²) in [5.41, 5.74) is 3.57. The van der Waals surface area contributed by atoms with Gasteiger partial charge in [0.1, 0.15) is 17.2 Å². The summed E-state index contributed by atoms with van der Waals surface area (Å²) in [4.78, 5) is 26.3. The summed E-state index contributed by atoms with van der Waals surface area (Å²) in [5, 5.41) is 22.9. The van der Waals surface area contributed by atoms with Crippen LogP contribution in [0.3, 0.4) is 0 Å². The molecule has 1 atom stereocenters. The van der Waals surface area contributed by atoms with Crippen molar-refractivity contribution in [1.82, 2.24) is 24.9 Å². The number of carbonyl (C=O) groups is 2. The standard InChI is InChI=1S/C20H20ClFN6O3/c1-10-16(25-26-24-10)9-28(20(30)31)17-6-4-12-13(17)8-27(2)18(12)19(29)23-11-3-5-15(22)14(21)7-11/h3,5,7-8,17H,4,6,9H2,1-2H3,(H,23,29)(H,30,31)(H,24,25,26). The minimum absolute atomic E-state index is 0.0878. The van der Waals surface area contributed by atoms with Gasteiger partial charge in [0.05, 0.1) is 23.3 Å². The Kier molecular flexibility index (Phi) is 5.40. The van der Waals surface area contributed by atoms with E-state index in [0.717, 1.165) is 11.1 Å². The molecule has 3 N–H and O–H groups in total. The first-order valence-electron chi connectivity index (χ1n) is 9.56. The topological polar surface area (TPSA) is 116 Å². The molecule has 2 amide bonds. The highest BCUT2D eigenvalue weighted by Gasteiger charge is 2.36. The van der Waals surface area contributed by atoms with Crippen LogP contribution in [0, 0.1) is 12.7 Å². The first-order valence-corrected chi connectivity index (χ1v) is 9.94. The lowest BCUT2D eigenvalue weighted by atomic mass is 10.1. The minimum atomic E-state index is -1.07.